The summed E-state index contributed by atoms with van der Waals surface area (Å²) >= 11 is 0. The normalized spacial score (nSPS) is 13.6. The van der Waals surface area contributed by atoms with Crippen molar-refractivity contribution >= 4 is 5.91 Å². The molecule has 0 aliphatic carbocycles. The van der Waals surface area contributed by atoms with Crippen molar-refractivity contribution in [1.82, 2.24) is 15.0 Å². The molecule has 0 bridgehead atoms. The average molecular weight is 360 g/mol. The third-order valence-electron chi connectivity index (χ3n) is 3.89. The van der Waals surface area contributed by atoms with Crippen molar-refractivity contribution in [3.63, 3.8) is 0 Å². The van der Waals surface area contributed by atoms with Crippen LogP contribution in [-0.4, -0.2) is 40.6 Å². The number of carbonyl (C=O) groups is 1. The second kappa shape index (κ2) is 9.45. The van der Waals surface area contributed by atoms with E-state index >= 15 is 0 Å². The Morgan fingerprint density at radius 2 is 1.96 bits per heavy atom. The number of ether oxygens (including phenoxy) is 1. The van der Waals surface area contributed by atoms with Gasteiger partial charge in [-0.3, -0.25) is 4.79 Å². The molecule has 0 saturated carbocycles. The summed E-state index contributed by atoms with van der Waals surface area (Å²) in [5.74, 6) is 1.11. The Morgan fingerprint density at radius 3 is 2.62 bits per heavy atom. The van der Waals surface area contributed by atoms with Crippen molar-refractivity contribution in [3.05, 3.63) is 47.6 Å². The molecule has 0 fully saturated rings. The summed E-state index contributed by atoms with van der Waals surface area (Å²) < 4.78 is 10.9. The standard InChI is InChI=1S/C19H28N4O3/c1-13(2)12-25-14(3)18-21-17(26-22-18)11-23(4)19(24)16(20)10-15-8-6-5-7-9-15/h5-9,13-14,16H,10-12,20H2,1-4H3/t14?,16-/m0/s1. The van der Waals surface area contributed by atoms with Crippen LogP contribution < -0.4 is 5.73 Å². The largest absolute Gasteiger partial charge is 0.370 e. The lowest BCUT2D eigenvalue weighted by atomic mass is 10.1. The van der Waals surface area contributed by atoms with Crippen LogP contribution in [0.5, 0.6) is 0 Å². The van der Waals surface area contributed by atoms with Crippen molar-refractivity contribution in [2.24, 2.45) is 11.7 Å². The van der Waals surface area contributed by atoms with Crippen molar-refractivity contribution in [3.8, 4) is 0 Å². The summed E-state index contributed by atoms with van der Waals surface area (Å²) in [6, 6.07) is 9.09. The first-order valence-corrected chi connectivity index (χ1v) is 8.85. The summed E-state index contributed by atoms with van der Waals surface area (Å²) in [5, 5.41) is 3.94. The lowest BCUT2D eigenvalue weighted by Crippen LogP contribution is -2.42. The quantitative estimate of drug-likeness (QED) is 0.737. The molecule has 2 N–H and O–H groups in total. The Hall–Kier alpha value is -2.25. The second-order valence-corrected chi connectivity index (χ2v) is 6.91. The maximum Gasteiger partial charge on any atom is 0.246 e. The van der Waals surface area contributed by atoms with E-state index in [0.717, 1.165) is 5.56 Å². The highest BCUT2D eigenvalue weighted by Gasteiger charge is 2.21. The zero-order chi connectivity index (χ0) is 19.1. The van der Waals surface area contributed by atoms with Gasteiger partial charge in [0.15, 0.2) is 5.82 Å². The molecule has 2 rings (SSSR count). The lowest BCUT2D eigenvalue weighted by Gasteiger charge is -2.19. The van der Waals surface area contributed by atoms with Crippen LogP contribution in [-0.2, 0) is 22.5 Å². The third-order valence-corrected chi connectivity index (χ3v) is 3.89. The van der Waals surface area contributed by atoms with E-state index in [9.17, 15) is 4.79 Å². The van der Waals surface area contributed by atoms with E-state index in [0.29, 0.717) is 30.7 Å². The maximum atomic E-state index is 12.5. The van der Waals surface area contributed by atoms with Gasteiger partial charge in [0.25, 0.3) is 0 Å². The fourth-order valence-electron chi connectivity index (χ4n) is 2.43. The van der Waals surface area contributed by atoms with Crippen molar-refractivity contribution < 1.29 is 14.1 Å². The smallest absolute Gasteiger partial charge is 0.246 e. The highest BCUT2D eigenvalue weighted by atomic mass is 16.5. The van der Waals surface area contributed by atoms with Gasteiger partial charge in [-0.2, -0.15) is 4.98 Å². The van der Waals surface area contributed by atoms with Gasteiger partial charge in [0.05, 0.1) is 12.6 Å². The van der Waals surface area contributed by atoms with E-state index in [2.05, 4.69) is 24.0 Å². The molecule has 1 unspecified atom stereocenters. The van der Waals surface area contributed by atoms with Crippen LogP contribution in [0.2, 0.25) is 0 Å². The number of amides is 1. The molecule has 0 radical (unpaired) electrons. The van der Waals surface area contributed by atoms with E-state index in [1.807, 2.05) is 37.3 Å². The molecule has 0 saturated heterocycles. The SMILES string of the molecule is CC(C)COC(C)c1noc(CN(C)C(=O)[C@@H](N)Cc2ccccc2)n1. The number of hydrogen-bond donors (Lipinski definition) is 1. The molecule has 1 aromatic heterocycles. The number of nitrogens with two attached hydrogens (primary N) is 1. The lowest BCUT2D eigenvalue weighted by molar-refractivity contribution is -0.132. The number of carbonyl (C=O) groups excluding carboxylic acids is 1. The summed E-state index contributed by atoms with van der Waals surface area (Å²) in [4.78, 5) is 18.3. The number of nitrogens with zero attached hydrogens (tertiary/aromatic N) is 3. The van der Waals surface area contributed by atoms with Crippen LogP contribution in [0.4, 0.5) is 0 Å². The maximum absolute atomic E-state index is 12.5. The highest BCUT2D eigenvalue weighted by Crippen LogP contribution is 2.15. The molecule has 1 aromatic carbocycles. The molecule has 7 heteroatoms. The molecule has 1 amide bonds. The Balaban J connectivity index is 1.88. The zero-order valence-corrected chi connectivity index (χ0v) is 15.9. The van der Waals surface area contributed by atoms with E-state index in [1.165, 1.54) is 4.90 Å². The van der Waals surface area contributed by atoms with E-state index < -0.39 is 6.04 Å². The van der Waals surface area contributed by atoms with E-state index in [1.54, 1.807) is 7.05 Å². The fraction of sp³-hybridized carbons (Fsp3) is 0.526. The summed E-state index contributed by atoms with van der Waals surface area (Å²) in [6.07, 6.45) is 0.232. The first-order valence-electron chi connectivity index (χ1n) is 8.85. The van der Waals surface area contributed by atoms with Gasteiger partial charge in [-0.05, 0) is 24.8 Å². The fourth-order valence-corrected chi connectivity index (χ4v) is 2.43. The summed E-state index contributed by atoms with van der Waals surface area (Å²) in [6.45, 7) is 6.87. The second-order valence-electron chi connectivity index (χ2n) is 6.91. The topological polar surface area (TPSA) is 94.5 Å². The first kappa shape index (κ1) is 20.1. The van der Waals surface area contributed by atoms with Gasteiger partial charge < -0.3 is 19.9 Å². The number of aromatic nitrogens is 2. The zero-order valence-electron chi connectivity index (χ0n) is 15.9. The highest BCUT2D eigenvalue weighted by molar-refractivity contribution is 5.81. The summed E-state index contributed by atoms with van der Waals surface area (Å²) in [5.41, 5.74) is 7.07. The molecule has 0 aliphatic heterocycles. The molecule has 0 aliphatic rings. The van der Waals surface area contributed by atoms with Crippen molar-refractivity contribution in [2.45, 2.75) is 45.9 Å². The van der Waals surface area contributed by atoms with Crippen LogP contribution in [0.3, 0.4) is 0 Å². The minimum Gasteiger partial charge on any atom is -0.370 e. The first-order chi connectivity index (χ1) is 12.4. The Morgan fingerprint density at radius 1 is 1.27 bits per heavy atom. The molecular formula is C19H28N4O3. The molecule has 2 atom stereocenters. The monoisotopic (exact) mass is 360 g/mol. The Bertz CT molecular complexity index is 687. The van der Waals surface area contributed by atoms with Gasteiger partial charge in [0, 0.05) is 13.7 Å². The van der Waals surface area contributed by atoms with Gasteiger partial charge in [0.1, 0.15) is 6.10 Å². The number of benzene rings is 1. The van der Waals surface area contributed by atoms with Crippen LogP contribution in [0.1, 0.15) is 44.2 Å². The van der Waals surface area contributed by atoms with Crippen LogP contribution in [0.15, 0.2) is 34.9 Å². The van der Waals surface area contributed by atoms with E-state index in [4.69, 9.17) is 15.0 Å². The van der Waals surface area contributed by atoms with Gasteiger partial charge >= 0.3 is 0 Å². The minimum atomic E-state index is -0.613. The van der Waals surface area contributed by atoms with Gasteiger partial charge in [-0.15, -0.1) is 0 Å². The Kier molecular flexibility index (Phi) is 7.29. The molecular weight excluding hydrogens is 332 g/mol. The number of hydrogen-bond acceptors (Lipinski definition) is 6. The number of rotatable bonds is 9. The molecule has 1 heterocycles. The average Bonchev–Trinajstić information content (AvgIpc) is 3.08. The van der Waals surface area contributed by atoms with Gasteiger partial charge in [0.2, 0.25) is 11.8 Å². The number of likely N-dealkylation sites (N-methyl/N-ethyl adjacent to an activating group) is 1. The van der Waals surface area contributed by atoms with Crippen molar-refractivity contribution in [2.75, 3.05) is 13.7 Å². The molecule has 7 nitrogen and oxygen atoms in total. The third kappa shape index (κ3) is 5.93. The Labute approximate surface area is 154 Å². The van der Waals surface area contributed by atoms with Crippen LogP contribution in [0, 0.1) is 5.92 Å². The molecule has 26 heavy (non-hydrogen) atoms. The van der Waals surface area contributed by atoms with Gasteiger partial charge in [-0.1, -0.05) is 49.3 Å². The molecule has 2 aromatic rings. The van der Waals surface area contributed by atoms with Crippen LogP contribution in [0.25, 0.3) is 0 Å². The van der Waals surface area contributed by atoms with Gasteiger partial charge in [-0.25, -0.2) is 0 Å². The van der Waals surface area contributed by atoms with Crippen LogP contribution >= 0.6 is 0 Å². The minimum absolute atomic E-state index is 0.169. The molecule has 0 spiro atoms. The predicted molar refractivity (Wildman–Crippen MR) is 98.1 cm³/mol. The van der Waals surface area contributed by atoms with Crippen molar-refractivity contribution in [1.29, 1.82) is 0 Å². The van der Waals surface area contributed by atoms with E-state index in [-0.39, 0.29) is 18.6 Å². The molecule has 142 valence electrons. The predicted octanol–water partition coefficient (Wildman–Crippen LogP) is 2.33. The summed E-state index contributed by atoms with van der Waals surface area (Å²) in [7, 11) is 1.68.